The van der Waals surface area contributed by atoms with Gasteiger partial charge in [0.05, 0.1) is 16.8 Å². The SMILES string of the molecule is O=C(Nc1cccc2ncccc12)c1ccnc(F)c1F. The molecule has 0 spiro atoms. The molecule has 1 aromatic carbocycles. The lowest BCUT2D eigenvalue weighted by Gasteiger charge is -2.08. The summed E-state index contributed by atoms with van der Waals surface area (Å²) in [6.45, 7) is 0. The number of fused-ring (bicyclic) bond motifs is 1. The number of nitrogens with zero attached hydrogens (tertiary/aromatic N) is 2. The molecule has 0 atom stereocenters. The van der Waals surface area contributed by atoms with Crippen LogP contribution in [0.25, 0.3) is 10.9 Å². The van der Waals surface area contributed by atoms with Gasteiger partial charge >= 0.3 is 0 Å². The first kappa shape index (κ1) is 13.1. The van der Waals surface area contributed by atoms with Crippen LogP contribution in [-0.4, -0.2) is 15.9 Å². The van der Waals surface area contributed by atoms with Gasteiger partial charge in [-0.05, 0) is 30.3 Å². The second kappa shape index (κ2) is 5.24. The molecule has 0 bridgehead atoms. The third-order valence-corrected chi connectivity index (χ3v) is 2.99. The first-order valence-electron chi connectivity index (χ1n) is 6.12. The summed E-state index contributed by atoms with van der Waals surface area (Å²) < 4.78 is 26.6. The third kappa shape index (κ3) is 2.43. The molecule has 4 nitrogen and oxygen atoms in total. The van der Waals surface area contributed by atoms with E-state index >= 15 is 0 Å². The van der Waals surface area contributed by atoms with Crippen LogP contribution in [0, 0.1) is 11.8 Å². The van der Waals surface area contributed by atoms with Gasteiger partial charge in [-0.3, -0.25) is 9.78 Å². The number of carbonyl (C=O) groups excluding carboxylic acids is 1. The molecule has 0 saturated heterocycles. The van der Waals surface area contributed by atoms with Crippen LogP contribution in [0.5, 0.6) is 0 Å². The Morgan fingerprint density at radius 3 is 2.71 bits per heavy atom. The van der Waals surface area contributed by atoms with Gasteiger partial charge in [-0.2, -0.15) is 4.39 Å². The van der Waals surface area contributed by atoms with Crippen LogP contribution >= 0.6 is 0 Å². The van der Waals surface area contributed by atoms with Crippen molar-refractivity contribution in [1.82, 2.24) is 9.97 Å². The zero-order valence-corrected chi connectivity index (χ0v) is 10.7. The molecule has 0 aliphatic heterocycles. The summed E-state index contributed by atoms with van der Waals surface area (Å²) >= 11 is 0. The minimum atomic E-state index is -1.30. The molecule has 0 unspecified atom stereocenters. The van der Waals surface area contributed by atoms with Crippen molar-refractivity contribution in [2.45, 2.75) is 0 Å². The zero-order chi connectivity index (χ0) is 14.8. The minimum absolute atomic E-state index is 0.400. The fourth-order valence-corrected chi connectivity index (χ4v) is 2.00. The Labute approximate surface area is 118 Å². The minimum Gasteiger partial charge on any atom is -0.321 e. The van der Waals surface area contributed by atoms with Crippen LogP contribution < -0.4 is 5.32 Å². The molecule has 1 N–H and O–H groups in total. The molecule has 0 aliphatic rings. The smallest absolute Gasteiger partial charge is 0.258 e. The molecule has 0 radical (unpaired) electrons. The zero-order valence-electron chi connectivity index (χ0n) is 10.7. The summed E-state index contributed by atoms with van der Waals surface area (Å²) in [6, 6.07) is 9.80. The fourth-order valence-electron chi connectivity index (χ4n) is 2.00. The van der Waals surface area contributed by atoms with E-state index in [1.54, 1.807) is 36.5 Å². The lowest BCUT2D eigenvalue weighted by molar-refractivity contribution is 0.102. The van der Waals surface area contributed by atoms with Gasteiger partial charge in [-0.1, -0.05) is 6.07 Å². The average molecular weight is 285 g/mol. The van der Waals surface area contributed by atoms with Gasteiger partial charge in [-0.25, -0.2) is 9.37 Å². The summed E-state index contributed by atoms with van der Waals surface area (Å²) in [5.74, 6) is -3.32. The predicted molar refractivity (Wildman–Crippen MR) is 73.8 cm³/mol. The molecule has 3 aromatic rings. The summed E-state index contributed by atoms with van der Waals surface area (Å²) in [5, 5.41) is 3.27. The molecule has 0 fully saturated rings. The molecule has 1 amide bonds. The van der Waals surface area contributed by atoms with Crippen LogP contribution in [0.4, 0.5) is 14.5 Å². The van der Waals surface area contributed by atoms with E-state index in [4.69, 9.17) is 0 Å². The molecule has 0 saturated carbocycles. The summed E-state index contributed by atoms with van der Waals surface area (Å²) in [7, 11) is 0. The average Bonchev–Trinajstić information content (AvgIpc) is 2.50. The highest BCUT2D eigenvalue weighted by Gasteiger charge is 2.16. The maximum absolute atomic E-state index is 13.6. The van der Waals surface area contributed by atoms with Crippen molar-refractivity contribution in [2.24, 2.45) is 0 Å². The third-order valence-electron chi connectivity index (χ3n) is 2.99. The molecule has 0 aliphatic carbocycles. The van der Waals surface area contributed by atoms with Crippen molar-refractivity contribution in [3.8, 4) is 0 Å². The van der Waals surface area contributed by atoms with Gasteiger partial charge in [0.25, 0.3) is 5.91 Å². The molecular weight excluding hydrogens is 276 g/mol. The van der Waals surface area contributed by atoms with Gasteiger partial charge in [0, 0.05) is 17.8 Å². The van der Waals surface area contributed by atoms with E-state index in [0.29, 0.717) is 16.6 Å². The summed E-state index contributed by atoms with van der Waals surface area (Å²) in [4.78, 5) is 19.4. The summed E-state index contributed by atoms with van der Waals surface area (Å²) in [5.41, 5.74) is 0.766. The van der Waals surface area contributed by atoms with E-state index < -0.39 is 23.2 Å². The highest BCUT2D eigenvalue weighted by Crippen LogP contribution is 2.22. The number of amides is 1. The summed E-state index contributed by atoms with van der Waals surface area (Å²) in [6.07, 6.45) is 2.67. The van der Waals surface area contributed by atoms with Crippen LogP contribution in [0.3, 0.4) is 0 Å². The number of hydrogen-bond acceptors (Lipinski definition) is 3. The fraction of sp³-hybridized carbons (Fsp3) is 0. The van der Waals surface area contributed by atoms with Gasteiger partial charge in [0.2, 0.25) is 5.95 Å². The second-order valence-corrected chi connectivity index (χ2v) is 4.29. The van der Waals surface area contributed by atoms with E-state index in [2.05, 4.69) is 15.3 Å². The predicted octanol–water partition coefficient (Wildman–Crippen LogP) is 3.16. The second-order valence-electron chi connectivity index (χ2n) is 4.29. The number of nitrogens with one attached hydrogen (secondary N) is 1. The van der Waals surface area contributed by atoms with Crippen LogP contribution in [-0.2, 0) is 0 Å². The van der Waals surface area contributed by atoms with Gasteiger partial charge in [0.15, 0.2) is 5.82 Å². The van der Waals surface area contributed by atoms with Gasteiger partial charge in [0.1, 0.15) is 0 Å². The maximum atomic E-state index is 13.6. The Morgan fingerprint density at radius 1 is 1.00 bits per heavy atom. The number of hydrogen-bond donors (Lipinski definition) is 1. The Kier molecular flexibility index (Phi) is 3.27. The van der Waals surface area contributed by atoms with Crippen LogP contribution in [0.15, 0.2) is 48.8 Å². The van der Waals surface area contributed by atoms with E-state index in [0.717, 1.165) is 12.3 Å². The first-order chi connectivity index (χ1) is 10.2. The Hall–Kier alpha value is -2.89. The topological polar surface area (TPSA) is 54.9 Å². The number of pyridine rings is 2. The number of carbonyl (C=O) groups is 1. The maximum Gasteiger partial charge on any atom is 0.258 e. The number of halogens is 2. The molecule has 104 valence electrons. The quantitative estimate of drug-likeness (QED) is 0.736. The normalized spacial score (nSPS) is 10.6. The molecule has 2 heterocycles. The van der Waals surface area contributed by atoms with Crippen molar-refractivity contribution in [1.29, 1.82) is 0 Å². The Balaban J connectivity index is 1.99. The van der Waals surface area contributed by atoms with Crippen molar-refractivity contribution >= 4 is 22.5 Å². The molecule has 2 aromatic heterocycles. The number of rotatable bonds is 2. The van der Waals surface area contributed by atoms with Crippen molar-refractivity contribution in [2.75, 3.05) is 5.32 Å². The lowest BCUT2D eigenvalue weighted by atomic mass is 10.1. The lowest BCUT2D eigenvalue weighted by Crippen LogP contribution is -2.15. The highest BCUT2D eigenvalue weighted by atomic mass is 19.2. The van der Waals surface area contributed by atoms with Crippen molar-refractivity contribution < 1.29 is 13.6 Å². The van der Waals surface area contributed by atoms with Crippen molar-refractivity contribution in [3.05, 3.63) is 66.1 Å². The first-order valence-corrected chi connectivity index (χ1v) is 6.12. The molecule has 3 rings (SSSR count). The number of aromatic nitrogens is 2. The molecule has 6 heteroatoms. The molecule has 21 heavy (non-hydrogen) atoms. The highest BCUT2D eigenvalue weighted by molar-refractivity contribution is 6.08. The standard InChI is InChI=1S/C15H9F2N3O/c16-13-10(6-8-19-14(13)17)15(21)20-12-5-1-4-11-9(12)3-2-7-18-11/h1-8H,(H,20,21). The van der Waals surface area contributed by atoms with E-state index in [9.17, 15) is 13.6 Å². The van der Waals surface area contributed by atoms with Gasteiger partial charge in [-0.15, -0.1) is 0 Å². The van der Waals surface area contributed by atoms with Crippen molar-refractivity contribution in [3.63, 3.8) is 0 Å². The van der Waals surface area contributed by atoms with Crippen LogP contribution in [0.1, 0.15) is 10.4 Å². The Morgan fingerprint density at radius 2 is 1.86 bits per heavy atom. The number of benzene rings is 1. The van der Waals surface area contributed by atoms with E-state index in [1.807, 2.05) is 0 Å². The van der Waals surface area contributed by atoms with E-state index in [1.165, 1.54) is 0 Å². The Bertz CT molecular complexity index is 831. The number of anilines is 1. The van der Waals surface area contributed by atoms with Gasteiger partial charge < -0.3 is 5.32 Å². The monoisotopic (exact) mass is 285 g/mol. The van der Waals surface area contributed by atoms with Crippen LogP contribution in [0.2, 0.25) is 0 Å². The van der Waals surface area contributed by atoms with E-state index in [-0.39, 0.29) is 0 Å². The largest absolute Gasteiger partial charge is 0.321 e. The molecular formula is C15H9F2N3O.